The Morgan fingerprint density at radius 3 is 2.46 bits per heavy atom. The Bertz CT molecular complexity index is 821. The van der Waals surface area contributed by atoms with Gasteiger partial charge in [-0.1, -0.05) is 0 Å². The first-order chi connectivity index (χ1) is 11.3. The van der Waals surface area contributed by atoms with Gasteiger partial charge in [-0.15, -0.1) is 0 Å². The first-order valence-electron chi connectivity index (χ1n) is 7.31. The summed E-state index contributed by atoms with van der Waals surface area (Å²) >= 11 is 0. The molecule has 0 spiro atoms. The molecule has 0 saturated carbocycles. The van der Waals surface area contributed by atoms with Crippen LogP contribution in [0.4, 0.5) is 21.5 Å². The highest BCUT2D eigenvalue weighted by Crippen LogP contribution is 2.43. The Morgan fingerprint density at radius 2 is 1.83 bits per heavy atom. The topological polar surface area (TPSA) is 58.6 Å². The van der Waals surface area contributed by atoms with E-state index >= 15 is 0 Å². The predicted molar refractivity (Wildman–Crippen MR) is 92.4 cm³/mol. The molecule has 5 nitrogen and oxygen atoms in total. The normalized spacial score (nSPS) is 17.0. The van der Waals surface area contributed by atoms with Crippen molar-refractivity contribution in [2.24, 2.45) is 0 Å². The average molecular weight is 348 g/mol. The van der Waals surface area contributed by atoms with Gasteiger partial charge in [0.05, 0.1) is 11.4 Å². The number of hydrogen-bond donors (Lipinski definition) is 1. The number of carbonyl (C=O) groups is 1. The van der Waals surface area contributed by atoms with E-state index in [-0.39, 0.29) is 11.7 Å². The van der Waals surface area contributed by atoms with Crippen molar-refractivity contribution in [2.75, 3.05) is 15.9 Å². The van der Waals surface area contributed by atoms with Crippen LogP contribution in [0, 0.1) is 5.82 Å². The van der Waals surface area contributed by atoms with Crippen LogP contribution in [0.2, 0.25) is 0 Å². The third kappa shape index (κ3) is 2.99. The third-order valence-electron chi connectivity index (χ3n) is 3.63. The Balaban J connectivity index is 2.11. The number of nitrogens with one attached hydrogen (secondary N) is 1. The van der Waals surface area contributed by atoms with E-state index in [1.54, 1.807) is 44.2 Å². The Kier molecular flexibility index (Phi) is 4.04. The quantitative estimate of drug-likeness (QED) is 0.925. The van der Waals surface area contributed by atoms with Crippen LogP contribution in [0.15, 0.2) is 42.5 Å². The Hall–Kier alpha value is -2.41. The lowest BCUT2D eigenvalue weighted by molar-refractivity contribution is -0.131. The fraction of sp³-hybridized carbons (Fsp3) is 0.235. The lowest BCUT2D eigenvalue weighted by atomic mass is 10.0. The summed E-state index contributed by atoms with van der Waals surface area (Å²) in [7, 11) is -1.22. The number of amides is 1. The number of anilines is 3. The maximum Gasteiger partial charge on any atom is 0.275 e. The standard InChI is InChI=1S/C17H17FN2O3S/c1-17(2)16(21)20(13-7-4-11(18)5-8-13)14-9-6-12(19-24(3)22)10-15(14)23-17/h4-10,19H,1-3H3. The molecule has 1 aliphatic heterocycles. The van der Waals surface area contributed by atoms with E-state index in [0.717, 1.165) is 0 Å². The first kappa shape index (κ1) is 16.4. The van der Waals surface area contributed by atoms with E-state index in [9.17, 15) is 13.4 Å². The van der Waals surface area contributed by atoms with E-state index in [4.69, 9.17) is 4.74 Å². The van der Waals surface area contributed by atoms with Crippen molar-refractivity contribution in [1.29, 1.82) is 0 Å². The molecule has 1 aliphatic rings. The van der Waals surface area contributed by atoms with Gasteiger partial charge in [0.1, 0.15) is 22.6 Å². The van der Waals surface area contributed by atoms with Gasteiger partial charge in [-0.25, -0.2) is 8.60 Å². The summed E-state index contributed by atoms with van der Waals surface area (Å²) in [5.41, 5.74) is 0.654. The van der Waals surface area contributed by atoms with Crippen molar-refractivity contribution in [1.82, 2.24) is 0 Å². The van der Waals surface area contributed by atoms with Crippen molar-refractivity contribution >= 4 is 34.0 Å². The number of carbonyl (C=O) groups excluding carboxylic acids is 1. The molecule has 0 bridgehead atoms. The zero-order valence-corrected chi connectivity index (χ0v) is 14.3. The highest BCUT2D eigenvalue weighted by Gasteiger charge is 2.41. The number of halogens is 1. The van der Waals surface area contributed by atoms with Gasteiger partial charge in [0, 0.05) is 18.0 Å². The van der Waals surface area contributed by atoms with Crippen LogP contribution >= 0.6 is 0 Å². The minimum atomic E-state index is -1.22. The van der Waals surface area contributed by atoms with Crippen molar-refractivity contribution in [2.45, 2.75) is 19.4 Å². The summed E-state index contributed by atoms with van der Waals surface area (Å²) in [5, 5.41) is 0. The summed E-state index contributed by atoms with van der Waals surface area (Å²) in [6, 6.07) is 10.8. The van der Waals surface area contributed by atoms with Crippen LogP contribution in [-0.2, 0) is 15.8 Å². The summed E-state index contributed by atoms with van der Waals surface area (Å²) in [5.74, 6) is -0.135. The van der Waals surface area contributed by atoms with Crippen LogP contribution in [0.1, 0.15) is 13.8 Å². The van der Waals surface area contributed by atoms with Gasteiger partial charge < -0.3 is 9.46 Å². The molecule has 0 saturated heterocycles. The van der Waals surface area contributed by atoms with Gasteiger partial charge in [0.15, 0.2) is 5.60 Å². The first-order valence-corrected chi connectivity index (χ1v) is 8.87. The number of ether oxygens (including phenoxy) is 1. The molecule has 3 rings (SSSR count). The molecule has 1 N–H and O–H groups in total. The number of benzene rings is 2. The number of nitrogens with zero attached hydrogens (tertiary/aromatic N) is 1. The molecule has 2 aromatic carbocycles. The zero-order chi connectivity index (χ0) is 17.5. The SMILES string of the molecule is CS(=O)Nc1ccc2c(c1)OC(C)(C)C(=O)N2c1ccc(F)cc1. The summed E-state index contributed by atoms with van der Waals surface area (Å²) in [6.07, 6.45) is 1.53. The van der Waals surface area contributed by atoms with Crippen LogP contribution < -0.4 is 14.4 Å². The molecule has 2 aromatic rings. The van der Waals surface area contributed by atoms with Crippen LogP contribution in [0.3, 0.4) is 0 Å². The molecule has 1 amide bonds. The second-order valence-corrected chi connectivity index (χ2v) is 7.08. The van der Waals surface area contributed by atoms with Gasteiger partial charge in [0.2, 0.25) is 0 Å². The second-order valence-electron chi connectivity index (χ2n) is 5.97. The Morgan fingerprint density at radius 1 is 1.17 bits per heavy atom. The van der Waals surface area contributed by atoms with E-state index in [1.807, 2.05) is 0 Å². The van der Waals surface area contributed by atoms with E-state index in [2.05, 4.69) is 4.72 Å². The van der Waals surface area contributed by atoms with Crippen molar-refractivity contribution in [3.05, 3.63) is 48.3 Å². The molecule has 1 atom stereocenters. The van der Waals surface area contributed by atoms with Crippen molar-refractivity contribution in [3.8, 4) is 5.75 Å². The monoisotopic (exact) mass is 348 g/mol. The molecule has 0 radical (unpaired) electrons. The minimum Gasteiger partial charge on any atom is -0.476 e. The number of hydrogen-bond acceptors (Lipinski definition) is 3. The largest absolute Gasteiger partial charge is 0.476 e. The minimum absolute atomic E-state index is 0.249. The summed E-state index contributed by atoms with van der Waals surface area (Å²) in [6.45, 7) is 3.35. The second kappa shape index (κ2) is 5.90. The lowest BCUT2D eigenvalue weighted by Crippen LogP contribution is -2.50. The summed E-state index contributed by atoms with van der Waals surface area (Å²) in [4.78, 5) is 14.3. The molecule has 0 aromatic heterocycles. The molecule has 1 heterocycles. The molecule has 24 heavy (non-hydrogen) atoms. The molecule has 126 valence electrons. The van der Waals surface area contributed by atoms with Gasteiger partial charge in [0.25, 0.3) is 5.91 Å². The predicted octanol–water partition coefficient (Wildman–Crippen LogP) is 3.37. The molecule has 0 aliphatic carbocycles. The number of fused-ring (bicyclic) bond motifs is 1. The molecule has 0 fully saturated rings. The van der Waals surface area contributed by atoms with E-state index < -0.39 is 16.6 Å². The highest BCUT2D eigenvalue weighted by molar-refractivity contribution is 7.85. The number of rotatable bonds is 3. The zero-order valence-electron chi connectivity index (χ0n) is 13.5. The van der Waals surface area contributed by atoms with Gasteiger partial charge in [-0.3, -0.25) is 9.69 Å². The van der Waals surface area contributed by atoms with E-state index in [0.29, 0.717) is 22.8 Å². The highest BCUT2D eigenvalue weighted by atomic mass is 32.2. The molecule has 1 unspecified atom stereocenters. The van der Waals surface area contributed by atoms with Crippen molar-refractivity contribution in [3.63, 3.8) is 0 Å². The third-order valence-corrected chi connectivity index (χ3v) is 4.15. The van der Waals surface area contributed by atoms with Crippen LogP contribution in [0.5, 0.6) is 5.75 Å². The van der Waals surface area contributed by atoms with Gasteiger partial charge in [-0.2, -0.15) is 0 Å². The molecular weight excluding hydrogens is 331 g/mol. The van der Waals surface area contributed by atoms with Crippen LogP contribution in [-0.4, -0.2) is 22.0 Å². The maximum absolute atomic E-state index is 13.2. The van der Waals surface area contributed by atoms with E-state index in [1.165, 1.54) is 23.3 Å². The smallest absolute Gasteiger partial charge is 0.275 e. The fourth-order valence-corrected chi connectivity index (χ4v) is 3.01. The lowest BCUT2D eigenvalue weighted by Gasteiger charge is -2.38. The molecular formula is C17H17FN2O3S. The average Bonchev–Trinajstić information content (AvgIpc) is 2.49. The van der Waals surface area contributed by atoms with Crippen LogP contribution in [0.25, 0.3) is 0 Å². The molecule has 7 heteroatoms. The Labute approximate surface area is 142 Å². The fourth-order valence-electron chi connectivity index (χ4n) is 2.55. The van der Waals surface area contributed by atoms with Gasteiger partial charge >= 0.3 is 0 Å². The van der Waals surface area contributed by atoms with Gasteiger partial charge in [-0.05, 0) is 50.2 Å². The summed E-state index contributed by atoms with van der Waals surface area (Å²) < 4.78 is 33.2. The maximum atomic E-state index is 13.2. The van der Waals surface area contributed by atoms with Crippen molar-refractivity contribution < 1.29 is 18.1 Å².